The third-order valence-corrected chi connectivity index (χ3v) is 6.08. The number of aromatic nitrogens is 1. The monoisotopic (exact) mass is 478 g/mol. The molecule has 176 valence electrons. The van der Waals surface area contributed by atoms with E-state index in [2.05, 4.69) is 15.6 Å². The number of amides is 3. The van der Waals surface area contributed by atoms with Crippen LogP contribution in [-0.4, -0.2) is 53.3 Å². The van der Waals surface area contributed by atoms with Crippen molar-refractivity contribution in [3.05, 3.63) is 70.7 Å². The molecule has 0 saturated carbocycles. The Balaban J connectivity index is 1.32. The van der Waals surface area contributed by atoms with Crippen molar-refractivity contribution >= 4 is 29.1 Å². The first-order chi connectivity index (χ1) is 16.4. The number of carbonyl (C=O) groups excluding carboxylic acids is 3. The average Bonchev–Trinajstić information content (AvgIpc) is 3.33. The Morgan fingerprint density at radius 3 is 2.56 bits per heavy atom. The molecule has 1 aromatic heterocycles. The van der Waals surface area contributed by atoms with Gasteiger partial charge >= 0.3 is 0 Å². The molecule has 3 amide bonds. The van der Waals surface area contributed by atoms with Gasteiger partial charge in [-0.15, -0.1) is 11.3 Å². The van der Waals surface area contributed by atoms with Gasteiger partial charge in [-0.05, 0) is 55.8 Å². The van der Waals surface area contributed by atoms with Crippen molar-refractivity contribution in [1.82, 2.24) is 20.5 Å². The fourth-order valence-corrected chi connectivity index (χ4v) is 4.30. The molecule has 0 atom stereocenters. The van der Waals surface area contributed by atoms with Crippen molar-refractivity contribution in [3.8, 4) is 16.3 Å². The first-order valence-electron chi connectivity index (χ1n) is 11.0. The Labute approximate surface area is 202 Å². The Hall–Kier alpha value is -3.72. The van der Waals surface area contributed by atoms with E-state index in [1.54, 1.807) is 29.6 Å². The molecule has 8 nitrogen and oxygen atoms in total. The van der Waals surface area contributed by atoms with Gasteiger partial charge in [-0.1, -0.05) is 12.1 Å². The zero-order valence-corrected chi connectivity index (χ0v) is 19.9. The van der Waals surface area contributed by atoms with Crippen LogP contribution in [0.3, 0.4) is 0 Å². The van der Waals surface area contributed by atoms with Crippen LogP contribution in [-0.2, 0) is 11.3 Å². The standard InChI is InChI=1S/C25H26N4O4S/c1-16(2)33-20-9-7-18(8-10-20)24-28-21(15-34-24)23(31)27-13-17-3-5-19(6-4-17)25(32)29-12-11-26-22(30)14-29/h3-10,15-16H,11-14H2,1-2H3,(H,26,30)(H,27,31). The number of rotatable bonds is 7. The van der Waals surface area contributed by atoms with Crippen LogP contribution in [0.4, 0.5) is 0 Å². The summed E-state index contributed by atoms with van der Waals surface area (Å²) in [6.07, 6.45) is 0.107. The summed E-state index contributed by atoms with van der Waals surface area (Å²) in [6.45, 7) is 5.29. The van der Waals surface area contributed by atoms with Crippen molar-refractivity contribution in [2.45, 2.75) is 26.5 Å². The lowest BCUT2D eigenvalue weighted by Crippen LogP contribution is -2.49. The van der Waals surface area contributed by atoms with Gasteiger partial charge in [-0.25, -0.2) is 4.98 Å². The Bertz CT molecular complexity index is 1170. The maximum atomic E-state index is 12.6. The summed E-state index contributed by atoms with van der Waals surface area (Å²) in [5.41, 5.74) is 2.65. The van der Waals surface area contributed by atoms with Crippen LogP contribution in [0.2, 0.25) is 0 Å². The minimum atomic E-state index is -0.262. The molecule has 1 aliphatic rings. The number of benzene rings is 2. The van der Waals surface area contributed by atoms with Crippen LogP contribution in [0.15, 0.2) is 53.9 Å². The third-order valence-electron chi connectivity index (χ3n) is 5.19. The van der Waals surface area contributed by atoms with Gasteiger partial charge in [-0.3, -0.25) is 14.4 Å². The largest absolute Gasteiger partial charge is 0.491 e. The number of hydrogen-bond donors (Lipinski definition) is 2. The molecule has 34 heavy (non-hydrogen) atoms. The highest BCUT2D eigenvalue weighted by molar-refractivity contribution is 7.13. The van der Waals surface area contributed by atoms with Crippen LogP contribution in [0.25, 0.3) is 10.6 Å². The molecule has 1 saturated heterocycles. The van der Waals surface area contributed by atoms with Gasteiger partial charge < -0.3 is 20.3 Å². The van der Waals surface area contributed by atoms with Gasteiger partial charge in [0.05, 0.1) is 12.6 Å². The molecule has 3 aromatic rings. The zero-order chi connectivity index (χ0) is 24.1. The van der Waals surface area contributed by atoms with E-state index in [4.69, 9.17) is 4.74 Å². The van der Waals surface area contributed by atoms with E-state index in [9.17, 15) is 14.4 Å². The summed E-state index contributed by atoms with van der Waals surface area (Å²) in [7, 11) is 0. The van der Waals surface area contributed by atoms with E-state index >= 15 is 0 Å². The van der Waals surface area contributed by atoms with Gasteiger partial charge in [0.25, 0.3) is 11.8 Å². The molecule has 0 aliphatic carbocycles. The average molecular weight is 479 g/mol. The Kier molecular flexibility index (Phi) is 7.22. The topological polar surface area (TPSA) is 101 Å². The first-order valence-corrected chi connectivity index (χ1v) is 11.9. The van der Waals surface area contributed by atoms with Gasteiger partial charge in [0.2, 0.25) is 5.91 Å². The molecular weight excluding hydrogens is 452 g/mol. The molecule has 2 aromatic carbocycles. The highest BCUT2D eigenvalue weighted by Crippen LogP contribution is 2.26. The summed E-state index contributed by atoms with van der Waals surface area (Å²) < 4.78 is 5.66. The van der Waals surface area contributed by atoms with E-state index in [0.29, 0.717) is 30.9 Å². The molecule has 2 N–H and O–H groups in total. The highest BCUT2D eigenvalue weighted by Gasteiger charge is 2.22. The number of piperazine rings is 1. The number of nitrogens with zero attached hydrogens (tertiary/aromatic N) is 2. The lowest BCUT2D eigenvalue weighted by atomic mass is 10.1. The van der Waals surface area contributed by atoms with Crippen LogP contribution in [0.1, 0.15) is 40.3 Å². The predicted molar refractivity (Wildman–Crippen MR) is 130 cm³/mol. The molecule has 0 spiro atoms. The lowest BCUT2D eigenvalue weighted by molar-refractivity contribution is -0.123. The minimum Gasteiger partial charge on any atom is -0.491 e. The van der Waals surface area contributed by atoms with E-state index in [1.165, 1.54) is 16.2 Å². The number of hydrogen-bond acceptors (Lipinski definition) is 6. The van der Waals surface area contributed by atoms with Gasteiger partial charge in [0.15, 0.2) is 0 Å². The second kappa shape index (κ2) is 10.5. The van der Waals surface area contributed by atoms with Crippen molar-refractivity contribution < 1.29 is 19.1 Å². The van der Waals surface area contributed by atoms with E-state index in [0.717, 1.165) is 21.9 Å². The summed E-state index contributed by atoms with van der Waals surface area (Å²) >= 11 is 1.41. The van der Waals surface area contributed by atoms with Crippen molar-refractivity contribution in [2.24, 2.45) is 0 Å². The second-order valence-electron chi connectivity index (χ2n) is 8.19. The van der Waals surface area contributed by atoms with Crippen LogP contribution < -0.4 is 15.4 Å². The Morgan fingerprint density at radius 1 is 1.15 bits per heavy atom. The fraction of sp³-hybridized carbons (Fsp3) is 0.280. The number of carbonyl (C=O) groups is 3. The summed E-state index contributed by atoms with van der Waals surface area (Å²) in [4.78, 5) is 42.6. The fourth-order valence-electron chi connectivity index (χ4n) is 3.49. The van der Waals surface area contributed by atoms with E-state index < -0.39 is 0 Å². The second-order valence-corrected chi connectivity index (χ2v) is 9.04. The molecule has 0 unspecified atom stereocenters. The summed E-state index contributed by atoms with van der Waals surface area (Å²) in [6, 6.07) is 14.7. The van der Waals surface area contributed by atoms with Gasteiger partial charge in [0, 0.05) is 36.1 Å². The molecule has 0 bridgehead atoms. The summed E-state index contributed by atoms with van der Waals surface area (Å²) in [5.74, 6) is 0.203. The van der Waals surface area contributed by atoms with Gasteiger partial charge in [-0.2, -0.15) is 0 Å². The molecule has 9 heteroatoms. The number of nitrogens with one attached hydrogen (secondary N) is 2. The molecule has 1 fully saturated rings. The van der Waals surface area contributed by atoms with Crippen LogP contribution >= 0.6 is 11.3 Å². The summed E-state index contributed by atoms with van der Waals surface area (Å²) in [5, 5.41) is 8.07. The van der Waals surface area contributed by atoms with Crippen LogP contribution in [0.5, 0.6) is 5.75 Å². The van der Waals surface area contributed by atoms with E-state index in [1.807, 2.05) is 38.1 Å². The van der Waals surface area contributed by atoms with E-state index in [-0.39, 0.29) is 30.4 Å². The molecule has 4 rings (SSSR count). The predicted octanol–water partition coefficient (Wildman–Crippen LogP) is 3.10. The third kappa shape index (κ3) is 5.79. The maximum absolute atomic E-state index is 12.6. The number of ether oxygens (including phenoxy) is 1. The van der Waals surface area contributed by atoms with Gasteiger partial charge in [0.1, 0.15) is 16.5 Å². The highest BCUT2D eigenvalue weighted by atomic mass is 32.1. The zero-order valence-electron chi connectivity index (χ0n) is 19.0. The first kappa shape index (κ1) is 23.4. The molecular formula is C25H26N4O4S. The van der Waals surface area contributed by atoms with Crippen molar-refractivity contribution in [2.75, 3.05) is 19.6 Å². The molecule has 0 radical (unpaired) electrons. The normalized spacial score (nSPS) is 13.5. The number of thiazole rings is 1. The minimum absolute atomic E-state index is 0.0716. The smallest absolute Gasteiger partial charge is 0.271 e. The van der Waals surface area contributed by atoms with Crippen LogP contribution in [0, 0.1) is 0 Å². The maximum Gasteiger partial charge on any atom is 0.271 e. The Morgan fingerprint density at radius 2 is 1.88 bits per heavy atom. The van der Waals surface area contributed by atoms with Crippen molar-refractivity contribution in [3.63, 3.8) is 0 Å². The lowest BCUT2D eigenvalue weighted by Gasteiger charge is -2.26. The SMILES string of the molecule is CC(C)Oc1ccc(-c2nc(C(=O)NCc3ccc(C(=O)N4CCNC(=O)C4)cc3)cs2)cc1. The quantitative estimate of drug-likeness (QED) is 0.544. The van der Waals surface area contributed by atoms with Crippen molar-refractivity contribution in [1.29, 1.82) is 0 Å². The molecule has 1 aliphatic heterocycles. The molecule has 2 heterocycles.